The summed E-state index contributed by atoms with van der Waals surface area (Å²) in [5.74, 6) is 0. The molecule has 0 aliphatic rings. The number of nitrogens with zero attached hydrogens (tertiary/aromatic N) is 2. The average molecular weight is 208 g/mol. The van der Waals surface area contributed by atoms with Crippen LogP contribution in [-0.4, -0.2) is 9.97 Å². The molecule has 0 atom stereocenters. The fraction of sp³-hybridized carbons (Fsp3) is 0. The topological polar surface area (TPSA) is 25.8 Å². The Balaban J connectivity index is 2.28. The van der Waals surface area contributed by atoms with Crippen molar-refractivity contribution in [1.82, 2.24) is 9.97 Å². The number of pyridine rings is 2. The molecule has 78 valence electrons. The molecule has 2 heteroatoms. The van der Waals surface area contributed by atoms with Crippen LogP contribution in [0.2, 0.25) is 0 Å². The zero-order chi connectivity index (χ0) is 11.4. The smallest absolute Gasteiger partial charge is 0.0702 e. The molecule has 0 aliphatic heterocycles. The van der Waals surface area contributed by atoms with Gasteiger partial charge in [0, 0.05) is 24.2 Å². The third-order valence-electron chi connectivity index (χ3n) is 2.37. The SMILES string of the molecule is C=C(C(=C)c1ccccn1)c1ccncc1. The fourth-order valence-electron chi connectivity index (χ4n) is 1.42. The van der Waals surface area contributed by atoms with Crippen LogP contribution in [0.15, 0.2) is 62.1 Å². The monoisotopic (exact) mass is 208 g/mol. The van der Waals surface area contributed by atoms with E-state index in [-0.39, 0.29) is 0 Å². The summed E-state index contributed by atoms with van der Waals surface area (Å²) in [5, 5.41) is 0. The van der Waals surface area contributed by atoms with Gasteiger partial charge >= 0.3 is 0 Å². The van der Waals surface area contributed by atoms with Crippen LogP contribution in [-0.2, 0) is 0 Å². The van der Waals surface area contributed by atoms with Gasteiger partial charge in [0.25, 0.3) is 0 Å². The van der Waals surface area contributed by atoms with E-state index < -0.39 is 0 Å². The first kappa shape index (κ1) is 10.3. The minimum absolute atomic E-state index is 0.840. The van der Waals surface area contributed by atoms with Gasteiger partial charge in [0.2, 0.25) is 0 Å². The molecule has 0 aliphatic carbocycles. The maximum atomic E-state index is 4.25. The van der Waals surface area contributed by atoms with Crippen LogP contribution >= 0.6 is 0 Å². The van der Waals surface area contributed by atoms with E-state index in [1.807, 2.05) is 30.3 Å². The molecule has 0 radical (unpaired) electrons. The van der Waals surface area contributed by atoms with E-state index >= 15 is 0 Å². The Bertz CT molecular complexity index is 451. The highest BCUT2D eigenvalue weighted by Gasteiger charge is 2.05. The summed E-state index contributed by atoms with van der Waals surface area (Å²) in [6.07, 6.45) is 5.23. The van der Waals surface area contributed by atoms with Crippen LogP contribution in [0.5, 0.6) is 0 Å². The zero-order valence-corrected chi connectivity index (χ0v) is 8.93. The Morgan fingerprint density at radius 3 is 2.25 bits per heavy atom. The molecule has 2 heterocycles. The predicted octanol–water partition coefficient (Wildman–Crippen LogP) is 3.20. The lowest BCUT2D eigenvalue weighted by atomic mass is 9.99. The first-order valence-electron chi connectivity index (χ1n) is 4.99. The summed E-state index contributed by atoms with van der Waals surface area (Å²) < 4.78 is 0. The van der Waals surface area contributed by atoms with Crippen molar-refractivity contribution in [3.05, 3.63) is 73.3 Å². The van der Waals surface area contributed by atoms with Gasteiger partial charge in [0.15, 0.2) is 0 Å². The number of hydrogen-bond acceptors (Lipinski definition) is 2. The molecular formula is C14H12N2. The first-order chi connectivity index (χ1) is 7.79. The van der Waals surface area contributed by atoms with Gasteiger partial charge in [-0.2, -0.15) is 0 Å². The maximum Gasteiger partial charge on any atom is 0.0702 e. The van der Waals surface area contributed by atoms with Crippen molar-refractivity contribution in [2.45, 2.75) is 0 Å². The largest absolute Gasteiger partial charge is 0.265 e. The van der Waals surface area contributed by atoms with Crippen LogP contribution in [0.1, 0.15) is 11.3 Å². The molecule has 0 N–H and O–H groups in total. The Labute approximate surface area is 95.0 Å². The van der Waals surface area contributed by atoms with Gasteiger partial charge in [0.05, 0.1) is 5.69 Å². The number of rotatable bonds is 3. The van der Waals surface area contributed by atoms with Crippen molar-refractivity contribution in [3.8, 4) is 0 Å². The number of aromatic nitrogens is 2. The van der Waals surface area contributed by atoms with Gasteiger partial charge in [-0.25, -0.2) is 0 Å². The van der Waals surface area contributed by atoms with Crippen molar-refractivity contribution in [3.63, 3.8) is 0 Å². The third-order valence-corrected chi connectivity index (χ3v) is 2.37. The van der Waals surface area contributed by atoms with E-state index in [1.54, 1.807) is 18.6 Å². The van der Waals surface area contributed by atoms with Gasteiger partial charge in [-0.3, -0.25) is 9.97 Å². The molecule has 0 amide bonds. The van der Waals surface area contributed by atoms with Gasteiger partial charge in [0.1, 0.15) is 0 Å². The van der Waals surface area contributed by atoms with Gasteiger partial charge in [-0.1, -0.05) is 19.2 Å². The predicted molar refractivity (Wildman–Crippen MR) is 66.5 cm³/mol. The molecule has 0 bridgehead atoms. The summed E-state index contributed by atoms with van der Waals surface area (Å²) in [4.78, 5) is 8.22. The quantitative estimate of drug-likeness (QED) is 0.724. The molecule has 16 heavy (non-hydrogen) atoms. The zero-order valence-electron chi connectivity index (χ0n) is 8.93. The van der Waals surface area contributed by atoms with E-state index in [0.717, 1.165) is 22.4 Å². The molecule has 2 aromatic heterocycles. The molecule has 0 saturated heterocycles. The first-order valence-corrected chi connectivity index (χ1v) is 4.99. The highest BCUT2D eigenvalue weighted by Crippen LogP contribution is 2.25. The Morgan fingerprint density at radius 1 is 0.875 bits per heavy atom. The summed E-state index contributed by atoms with van der Waals surface area (Å²) in [7, 11) is 0. The molecule has 2 nitrogen and oxygen atoms in total. The molecule has 0 aromatic carbocycles. The van der Waals surface area contributed by atoms with Crippen LogP contribution in [0.25, 0.3) is 11.1 Å². The molecule has 2 rings (SSSR count). The molecule has 0 fully saturated rings. The molecule has 0 saturated carbocycles. The lowest BCUT2D eigenvalue weighted by Crippen LogP contribution is -1.90. The second-order valence-electron chi connectivity index (χ2n) is 3.41. The number of allylic oxidation sites excluding steroid dienone is 2. The fourth-order valence-corrected chi connectivity index (χ4v) is 1.42. The second-order valence-corrected chi connectivity index (χ2v) is 3.41. The maximum absolute atomic E-state index is 4.25. The van der Waals surface area contributed by atoms with Crippen molar-refractivity contribution in [2.75, 3.05) is 0 Å². The normalized spacial score (nSPS) is 9.75. The Morgan fingerprint density at radius 2 is 1.62 bits per heavy atom. The number of hydrogen-bond donors (Lipinski definition) is 0. The van der Waals surface area contributed by atoms with E-state index in [4.69, 9.17) is 0 Å². The summed E-state index contributed by atoms with van der Waals surface area (Å²) in [6.45, 7) is 8.05. The summed E-state index contributed by atoms with van der Waals surface area (Å²) >= 11 is 0. The highest BCUT2D eigenvalue weighted by atomic mass is 14.7. The van der Waals surface area contributed by atoms with Gasteiger partial charge in [-0.15, -0.1) is 0 Å². The third kappa shape index (κ3) is 2.06. The minimum atomic E-state index is 0.840. The Kier molecular flexibility index (Phi) is 2.92. The van der Waals surface area contributed by atoms with Crippen molar-refractivity contribution >= 4 is 11.1 Å². The van der Waals surface area contributed by atoms with Crippen LogP contribution in [0, 0.1) is 0 Å². The molecule has 0 unspecified atom stereocenters. The molecular weight excluding hydrogens is 196 g/mol. The van der Waals surface area contributed by atoms with E-state index in [1.165, 1.54) is 0 Å². The second kappa shape index (κ2) is 4.53. The van der Waals surface area contributed by atoms with Crippen molar-refractivity contribution < 1.29 is 0 Å². The minimum Gasteiger partial charge on any atom is -0.265 e. The Hall–Kier alpha value is -2.22. The standard InChI is InChI=1S/C14H12N2/c1-11(13-6-9-15-10-7-13)12(2)14-5-3-4-8-16-14/h3-10H,1-2H2. The summed E-state index contributed by atoms with van der Waals surface area (Å²) in [5.41, 5.74) is 3.59. The van der Waals surface area contributed by atoms with E-state index in [0.29, 0.717) is 0 Å². The molecule has 2 aromatic rings. The lowest BCUT2D eigenvalue weighted by Gasteiger charge is -2.08. The van der Waals surface area contributed by atoms with Gasteiger partial charge < -0.3 is 0 Å². The van der Waals surface area contributed by atoms with Crippen molar-refractivity contribution in [2.24, 2.45) is 0 Å². The van der Waals surface area contributed by atoms with Crippen molar-refractivity contribution in [1.29, 1.82) is 0 Å². The lowest BCUT2D eigenvalue weighted by molar-refractivity contribution is 1.28. The van der Waals surface area contributed by atoms with Crippen LogP contribution in [0.3, 0.4) is 0 Å². The van der Waals surface area contributed by atoms with E-state index in [2.05, 4.69) is 23.1 Å². The summed E-state index contributed by atoms with van der Waals surface area (Å²) in [6, 6.07) is 9.57. The van der Waals surface area contributed by atoms with Gasteiger partial charge in [-0.05, 0) is 35.4 Å². The average Bonchev–Trinajstić information content (AvgIpc) is 2.39. The highest BCUT2D eigenvalue weighted by molar-refractivity contribution is 6.01. The van der Waals surface area contributed by atoms with E-state index in [9.17, 15) is 0 Å². The molecule has 0 spiro atoms. The van der Waals surface area contributed by atoms with Crippen LogP contribution < -0.4 is 0 Å². The van der Waals surface area contributed by atoms with Crippen LogP contribution in [0.4, 0.5) is 0 Å².